The fourth-order valence-electron chi connectivity index (χ4n) is 1.88. The van der Waals surface area contributed by atoms with E-state index in [1.807, 2.05) is 35.0 Å². The monoisotopic (exact) mass is 251 g/mol. The molecule has 2 N–H and O–H groups in total. The molecule has 0 unspecified atom stereocenters. The molecule has 0 aliphatic heterocycles. The van der Waals surface area contributed by atoms with Gasteiger partial charge in [0.2, 0.25) is 0 Å². The van der Waals surface area contributed by atoms with E-state index in [9.17, 15) is 0 Å². The maximum Gasteiger partial charge on any atom is 0.0925 e. The first-order valence-corrected chi connectivity index (χ1v) is 5.98. The van der Waals surface area contributed by atoms with Gasteiger partial charge in [0.05, 0.1) is 29.5 Å². The van der Waals surface area contributed by atoms with Crippen molar-refractivity contribution >= 4 is 0 Å². The van der Waals surface area contributed by atoms with Crippen LogP contribution in [-0.2, 0) is 6.54 Å². The highest BCUT2D eigenvalue weighted by molar-refractivity contribution is 5.57. The van der Waals surface area contributed by atoms with Crippen LogP contribution in [-0.4, -0.2) is 19.7 Å². The molecule has 0 saturated heterocycles. The largest absolute Gasteiger partial charge is 0.326 e. The average Bonchev–Trinajstić information content (AvgIpc) is 2.98. The van der Waals surface area contributed by atoms with Crippen molar-refractivity contribution in [1.29, 1.82) is 0 Å². The van der Waals surface area contributed by atoms with Crippen LogP contribution in [0.25, 0.3) is 17.1 Å². The molecule has 0 aromatic carbocycles. The molecule has 94 valence electrons. The van der Waals surface area contributed by atoms with Crippen LogP contribution >= 0.6 is 0 Å². The quantitative estimate of drug-likeness (QED) is 0.770. The molecule has 0 aliphatic rings. The summed E-state index contributed by atoms with van der Waals surface area (Å²) in [4.78, 5) is 8.52. The van der Waals surface area contributed by atoms with E-state index in [2.05, 4.69) is 15.1 Å². The van der Waals surface area contributed by atoms with E-state index in [-0.39, 0.29) is 0 Å². The molecule has 0 spiro atoms. The SMILES string of the molecule is NCc1ccc(-c2ccnn2-c2cccnc2)nc1. The number of nitrogens with zero attached hydrogens (tertiary/aromatic N) is 4. The van der Waals surface area contributed by atoms with Gasteiger partial charge in [-0.3, -0.25) is 9.97 Å². The number of pyridine rings is 2. The van der Waals surface area contributed by atoms with E-state index in [1.54, 1.807) is 24.8 Å². The zero-order chi connectivity index (χ0) is 13.1. The second kappa shape index (κ2) is 4.99. The van der Waals surface area contributed by atoms with Crippen LogP contribution in [0.3, 0.4) is 0 Å². The van der Waals surface area contributed by atoms with Crippen LogP contribution in [0.1, 0.15) is 5.56 Å². The number of hydrogen-bond donors (Lipinski definition) is 1. The molecule has 0 radical (unpaired) electrons. The Kier molecular flexibility index (Phi) is 3.04. The molecular formula is C14H13N5. The molecule has 5 nitrogen and oxygen atoms in total. The predicted octanol–water partition coefficient (Wildman–Crippen LogP) is 1.79. The van der Waals surface area contributed by atoms with Crippen molar-refractivity contribution in [3.8, 4) is 17.1 Å². The highest BCUT2D eigenvalue weighted by Crippen LogP contribution is 2.19. The molecule has 0 amide bonds. The summed E-state index contributed by atoms with van der Waals surface area (Å²) in [6.45, 7) is 0.495. The third-order valence-corrected chi connectivity index (χ3v) is 2.86. The minimum Gasteiger partial charge on any atom is -0.326 e. The summed E-state index contributed by atoms with van der Waals surface area (Å²) in [6, 6.07) is 9.69. The van der Waals surface area contributed by atoms with Crippen LogP contribution in [0.2, 0.25) is 0 Å². The van der Waals surface area contributed by atoms with Crippen LogP contribution in [0, 0.1) is 0 Å². The third kappa shape index (κ3) is 2.23. The predicted molar refractivity (Wildman–Crippen MR) is 72.5 cm³/mol. The number of nitrogens with two attached hydrogens (primary N) is 1. The first kappa shape index (κ1) is 11.6. The van der Waals surface area contributed by atoms with Gasteiger partial charge in [0.25, 0.3) is 0 Å². The van der Waals surface area contributed by atoms with Gasteiger partial charge in [0, 0.05) is 18.9 Å². The topological polar surface area (TPSA) is 69.6 Å². The Morgan fingerprint density at radius 2 is 2.00 bits per heavy atom. The molecule has 0 atom stereocenters. The lowest BCUT2D eigenvalue weighted by atomic mass is 10.2. The average molecular weight is 251 g/mol. The zero-order valence-electron chi connectivity index (χ0n) is 10.3. The molecule has 3 heterocycles. The molecule has 3 aromatic rings. The van der Waals surface area contributed by atoms with Crippen molar-refractivity contribution in [3.63, 3.8) is 0 Å². The molecular weight excluding hydrogens is 238 g/mol. The van der Waals surface area contributed by atoms with Crippen molar-refractivity contribution in [2.45, 2.75) is 6.54 Å². The lowest BCUT2D eigenvalue weighted by Crippen LogP contribution is -2.01. The van der Waals surface area contributed by atoms with E-state index in [0.717, 1.165) is 22.6 Å². The number of rotatable bonds is 3. The van der Waals surface area contributed by atoms with E-state index >= 15 is 0 Å². The Balaban J connectivity index is 2.04. The lowest BCUT2D eigenvalue weighted by molar-refractivity contribution is 0.877. The standard InChI is InChI=1S/C14H13N5/c15-8-11-3-4-13(17-9-11)14-5-7-18-19(14)12-2-1-6-16-10-12/h1-7,9-10H,8,15H2. The Hall–Kier alpha value is -2.53. The smallest absolute Gasteiger partial charge is 0.0925 e. The summed E-state index contributed by atoms with van der Waals surface area (Å²) in [7, 11) is 0. The minimum absolute atomic E-state index is 0.495. The molecule has 0 aliphatic carbocycles. The lowest BCUT2D eigenvalue weighted by Gasteiger charge is -2.06. The van der Waals surface area contributed by atoms with E-state index in [0.29, 0.717) is 6.54 Å². The van der Waals surface area contributed by atoms with Crippen molar-refractivity contribution in [3.05, 3.63) is 60.7 Å². The normalized spacial score (nSPS) is 10.6. The van der Waals surface area contributed by atoms with Gasteiger partial charge in [-0.15, -0.1) is 0 Å². The maximum atomic E-state index is 5.57. The number of hydrogen-bond acceptors (Lipinski definition) is 4. The minimum atomic E-state index is 0.495. The molecule has 0 bridgehead atoms. The van der Waals surface area contributed by atoms with Gasteiger partial charge >= 0.3 is 0 Å². The summed E-state index contributed by atoms with van der Waals surface area (Å²) in [5.41, 5.74) is 9.28. The fourth-order valence-corrected chi connectivity index (χ4v) is 1.88. The molecule has 5 heteroatoms. The van der Waals surface area contributed by atoms with E-state index in [1.165, 1.54) is 0 Å². The van der Waals surface area contributed by atoms with Gasteiger partial charge < -0.3 is 5.73 Å². The first-order chi connectivity index (χ1) is 9.38. The fraction of sp³-hybridized carbons (Fsp3) is 0.0714. The van der Waals surface area contributed by atoms with E-state index in [4.69, 9.17) is 5.73 Å². The Bertz CT molecular complexity index is 658. The Morgan fingerprint density at radius 3 is 2.68 bits per heavy atom. The zero-order valence-corrected chi connectivity index (χ0v) is 10.3. The maximum absolute atomic E-state index is 5.57. The van der Waals surface area contributed by atoms with E-state index < -0.39 is 0 Å². The molecule has 0 fully saturated rings. The summed E-state index contributed by atoms with van der Waals surface area (Å²) >= 11 is 0. The summed E-state index contributed by atoms with van der Waals surface area (Å²) in [6.07, 6.45) is 7.04. The van der Waals surface area contributed by atoms with Gasteiger partial charge in [0.15, 0.2) is 0 Å². The molecule has 0 saturated carbocycles. The summed E-state index contributed by atoms with van der Waals surface area (Å²) in [5, 5.41) is 4.32. The first-order valence-electron chi connectivity index (χ1n) is 5.98. The second-order valence-electron chi connectivity index (χ2n) is 4.10. The summed E-state index contributed by atoms with van der Waals surface area (Å²) in [5.74, 6) is 0. The van der Waals surface area contributed by atoms with Gasteiger partial charge in [-0.25, -0.2) is 4.68 Å². The van der Waals surface area contributed by atoms with Gasteiger partial charge in [-0.1, -0.05) is 6.07 Å². The third-order valence-electron chi connectivity index (χ3n) is 2.86. The van der Waals surface area contributed by atoms with Crippen molar-refractivity contribution < 1.29 is 0 Å². The summed E-state index contributed by atoms with van der Waals surface area (Å²) < 4.78 is 1.82. The van der Waals surface area contributed by atoms with Crippen LogP contribution in [0.5, 0.6) is 0 Å². The van der Waals surface area contributed by atoms with Crippen molar-refractivity contribution in [2.75, 3.05) is 0 Å². The van der Waals surface area contributed by atoms with Crippen LogP contribution in [0.15, 0.2) is 55.1 Å². The number of aromatic nitrogens is 4. The van der Waals surface area contributed by atoms with Gasteiger partial charge in [-0.05, 0) is 29.8 Å². The molecule has 3 rings (SSSR count). The highest BCUT2D eigenvalue weighted by Gasteiger charge is 2.08. The van der Waals surface area contributed by atoms with Crippen LogP contribution in [0.4, 0.5) is 0 Å². The second-order valence-corrected chi connectivity index (χ2v) is 4.10. The van der Waals surface area contributed by atoms with Crippen LogP contribution < -0.4 is 5.73 Å². The molecule has 19 heavy (non-hydrogen) atoms. The highest BCUT2D eigenvalue weighted by atomic mass is 15.3. The van der Waals surface area contributed by atoms with Gasteiger partial charge in [-0.2, -0.15) is 5.10 Å². The van der Waals surface area contributed by atoms with Crippen molar-refractivity contribution in [2.24, 2.45) is 5.73 Å². The Morgan fingerprint density at radius 1 is 1.05 bits per heavy atom. The van der Waals surface area contributed by atoms with Crippen molar-refractivity contribution in [1.82, 2.24) is 19.7 Å². The molecule has 3 aromatic heterocycles. The Labute approximate surface area is 110 Å². The van der Waals surface area contributed by atoms with Gasteiger partial charge in [0.1, 0.15) is 0 Å².